The molecule has 0 aliphatic rings. The van der Waals surface area contributed by atoms with Gasteiger partial charge in [-0.2, -0.15) is 0 Å². The number of carboxylic acids is 1. The van der Waals surface area contributed by atoms with Crippen molar-refractivity contribution in [3.63, 3.8) is 0 Å². The number of rotatable bonds is 3. The maximum atomic E-state index is 10.0. The van der Waals surface area contributed by atoms with Crippen molar-refractivity contribution in [2.45, 2.75) is 13.0 Å². The van der Waals surface area contributed by atoms with Crippen molar-refractivity contribution in [3.8, 4) is 0 Å². The summed E-state index contributed by atoms with van der Waals surface area (Å²) >= 11 is 0. The molecule has 56 valence electrons. The minimum Gasteiger partial charge on any atom is -0.476 e. The molecule has 0 saturated carbocycles. The molecular weight excluding hydrogens is 138 g/mol. The lowest BCUT2D eigenvalue weighted by Crippen LogP contribution is -2.26. The van der Waals surface area contributed by atoms with Crippen molar-refractivity contribution >= 4 is 5.97 Å². The van der Waals surface area contributed by atoms with Gasteiger partial charge in [0, 0.05) is 4.92 Å². The summed E-state index contributed by atoms with van der Waals surface area (Å²) in [7, 11) is 0. The standard InChI is InChI=1S/C5H7NO4/c1-2-3-4(5(7)8)6(9)10/h2-4H,1H3,(H,7,8). The van der Waals surface area contributed by atoms with Crippen LogP contribution in [0.4, 0.5) is 0 Å². The van der Waals surface area contributed by atoms with Crippen LogP contribution in [-0.4, -0.2) is 22.0 Å². The summed E-state index contributed by atoms with van der Waals surface area (Å²) in [5.41, 5.74) is 0. The van der Waals surface area contributed by atoms with Crippen molar-refractivity contribution in [3.05, 3.63) is 22.3 Å². The highest BCUT2D eigenvalue weighted by atomic mass is 16.6. The molecule has 0 radical (unpaired) electrons. The van der Waals surface area contributed by atoms with Crippen LogP contribution in [0.5, 0.6) is 0 Å². The van der Waals surface area contributed by atoms with Gasteiger partial charge in [-0.15, -0.1) is 0 Å². The van der Waals surface area contributed by atoms with Crippen LogP contribution in [0.25, 0.3) is 0 Å². The van der Waals surface area contributed by atoms with Crippen LogP contribution < -0.4 is 0 Å². The first-order chi connectivity index (χ1) is 4.59. The molecule has 0 bridgehead atoms. The minimum absolute atomic E-state index is 0.859. The van der Waals surface area contributed by atoms with Crippen molar-refractivity contribution < 1.29 is 14.8 Å². The van der Waals surface area contributed by atoms with Crippen molar-refractivity contribution in [1.29, 1.82) is 0 Å². The molecular formula is C5H7NO4. The molecule has 1 unspecified atom stereocenters. The minimum atomic E-state index is -1.61. The third-order valence-electron chi connectivity index (χ3n) is 0.855. The van der Waals surface area contributed by atoms with Crippen molar-refractivity contribution in [2.24, 2.45) is 0 Å². The molecule has 0 heterocycles. The highest BCUT2D eigenvalue weighted by molar-refractivity contribution is 5.74. The van der Waals surface area contributed by atoms with Crippen LogP contribution in [-0.2, 0) is 4.79 Å². The Balaban J connectivity index is 4.27. The lowest BCUT2D eigenvalue weighted by atomic mass is 10.3. The number of nitrogens with zero attached hydrogens (tertiary/aromatic N) is 1. The molecule has 0 aromatic carbocycles. The van der Waals surface area contributed by atoms with E-state index in [1.165, 1.54) is 13.0 Å². The predicted molar refractivity (Wildman–Crippen MR) is 33.2 cm³/mol. The van der Waals surface area contributed by atoms with Gasteiger partial charge >= 0.3 is 12.0 Å². The smallest absolute Gasteiger partial charge is 0.383 e. The molecule has 5 heteroatoms. The third-order valence-corrected chi connectivity index (χ3v) is 0.855. The number of carbonyl (C=O) groups is 1. The largest absolute Gasteiger partial charge is 0.476 e. The van der Waals surface area contributed by atoms with Gasteiger partial charge in [0.2, 0.25) is 0 Å². The molecule has 0 spiro atoms. The van der Waals surface area contributed by atoms with Crippen molar-refractivity contribution in [1.82, 2.24) is 0 Å². The molecule has 0 aliphatic carbocycles. The number of nitro groups is 1. The summed E-state index contributed by atoms with van der Waals surface area (Å²) in [5.74, 6) is -1.44. The average molecular weight is 145 g/mol. The summed E-state index contributed by atoms with van der Waals surface area (Å²) in [4.78, 5) is 19.1. The Labute approximate surface area is 57.1 Å². The van der Waals surface area contributed by atoms with Gasteiger partial charge in [0.1, 0.15) is 0 Å². The van der Waals surface area contributed by atoms with Gasteiger partial charge in [-0.25, -0.2) is 4.79 Å². The summed E-state index contributed by atoms with van der Waals surface area (Å²) < 4.78 is 0. The first kappa shape index (κ1) is 8.61. The molecule has 5 nitrogen and oxygen atoms in total. The average Bonchev–Trinajstić information content (AvgIpc) is 1.81. The molecule has 0 amide bonds. The number of carboxylic acid groups (broad SMARTS) is 1. The molecule has 10 heavy (non-hydrogen) atoms. The van der Waals surface area contributed by atoms with E-state index in [-0.39, 0.29) is 0 Å². The van der Waals surface area contributed by atoms with Crippen LogP contribution in [0.2, 0.25) is 0 Å². The number of hydrogen-bond acceptors (Lipinski definition) is 3. The summed E-state index contributed by atoms with van der Waals surface area (Å²) in [5, 5.41) is 18.1. The summed E-state index contributed by atoms with van der Waals surface area (Å²) in [6.07, 6.45) is 2.35. The van der Waals surface area contributed by atoms with Gasteiger partial charge in [-0.3, -0.25) is 10.1 Å². The van der Waals surface area contributed by atoms with Crippen LogP contribution >= 0.6 is 0 Å². The van der Waals surface area contributed by atoms with Gasteiger partial charge < -0.3 is 5.11 Å². The number of hydrogen-bond donors (Lipinski definition) is 1. The molecule has 1 N–H and O–H groups in total. The monoisotopic (exact) mass is 145 g/mol. The van der Waals surface area contributed by atoms with E-state index in [1.807, 2.05) is 0 Å². The molecule has 0 aromatic heterocycles. The van der Waals surface area contributed by atoms with Gasteiger partial charge in [-0.1, -0.05) is 6.08 Å². The fraction of sp³-hybridized carbons (Fsp3) is 0.400. The van der Waals surface area contributed by atoms with Gasteiger partial charge in [0.05, 0.1) is 0 Å². The van der Waals surface area contributed by atoms with E-state index in [0.717, 1.165) is 6.08 Å². The second kappa shape index (κ2) is 3.60. The zero-order valence-electron chi connectivity index (χ0n) is 5.35. The highest BCUT2D eigenvalue weighted by Gasteiger charge is 2.24. The Morgan fingerprint density at radius 3 is 2.40 bits per heavy atom. The van der Waals surface area contributed by atoms with E-state index in [9.17, 15) is 14.9 Å². The number of aliphatic carboxylic acids is 1. The summed E-state index contributed by atoms with van der Waals surface area (Å²) in [6, 6.07) is -1.61. The molecule has 0 saturated heterocycles. The Kier molecular flexibility index (Phi) is 3.10. The van der Waals surface area contributed by atoms with Crippen LogP contribution in [0.3, 0.4) is 0 Å². The first-order valence-electron chi connectivity index (χ1n) is 2.58. The Morgan fingerprint density at radius 2 is 2.30 bits per heavy atom. The van der Waals surface area contributed by atoms with E-state index in [4.69, 9.17) is 5.11 Å². The second-order valence-corrected chi connectivity index (χ2v) is 1.59. The first-order valence-corrected chi connectivity index (χ1v) is 2.58. The lowest BCUT2D eigenvalue weighted by molar-refractivity contribution is -0.497. The molecule has 0 aromatic rings. The zero-order chi connectivity index (χ0) is 8.15. The molecule has 0 rings (SSSR count). The van der Waals surface area contributed by atoms with Crippen molar-refractivity contribution in [2.75, 3.05) is 0 Å². The third kappa shape index (κ3) is 2.25. The lowest BCUT2D eigenvalue weighted by Gasteiger charge is -1.95. The topological polar surface area (TPSA) is 80.4 Å². The quantitative estimate of drug-likeness (QED) is 0.351. The van der Waals surface area contributed by atoms with Gasteiger partial charge in [-0.05, 0) is 13.0 Å². The van der Waals surface area contributed by atoms with E-state index in [2.05, 4.69) is 0 Å². The SMILES string of the molecule is CC=CC(C(=O)O)[N+](=O)[O-]. The second-order valence-electron chi connectivity index (χ2n) is 1.59. The normalized spacial score (nSPS) is 13.3. The Bertz CT molecular complexity index is 160. The van der Waals surface area contributed by atoms with E-state index in [1.54, 1.807) is 0 Å². The van der Waals surface area contributed by atoms with Crippen LogP contribution in [0.15, 0.2) is 12.2 Å². The zero-order valence-corrected chi connectivity index (χ0v) is 5.35. The van der Waals surface area contributed by atoms with Crippen LogP contribution in [0.1, 0.15) is 6.92 Å². The fourth-order valence-electron chi connectivity index (χ4n) is 0.425. The van der Waals surface area contributed by atoms with Gasteiger partial charge in [0.25, 0.3) is 0 Å². The number of allylic oxidation sites excluding steroid dienone is 1. The highest BCUT2D eigenvalue weighted by Crippen LogP contribution is 1.91. The molecule has 0 aliphatic heterocycles. The molecule has 1 atom stereocenters. The van der Waals surface area contributed by atoms with Crippen LogP contribution in [0, 0.1) is 10.1 Å². The van der Waals surface area contributed by atoms with Gasteiger partial charge in [0.15, 0.2) is 0 Å². The fourth-order valence-corrected chi connectivity index (χ4v) is 0.425. The maximum absolute atomic E-state index is 10.0. The Morgan fingerprint density at radius 1 is 1.80 bits per heavy atom. The van der Waals surface area contributed by atoms with E-state index < -0.39 is 16.9 Å². The van der Waals surface area contributed by atoms with E-state index >= 15 is 0 Å². The molecule has 0 fully saturated rings. The maximum Gasteiger partial charge on any atom is 0.383 e. The predicted octanol–water partition coefficient (Wildman–Crippen LogP) is 0.292. The Hall–Kier alpha value is -1.39. The van der Waals surface area contributed by atoms with E-state index in [0.29, 0.717) is 0 Å². The summed E-state index contributed by atoms with van der Waals surface area (Å²) in [6.45, 7) is 1.53.